The van der Waals surface area contributed by atoms with E-state index in [4.69, 9.17) is 32.7 Å². The first-order valence-electron chi connectivity index (χ1n) is 12.2. The third-order valence-electron chi connectivity index (χ3n) is 7.44. The number of esters is 1. The van der Waals surface area contributed by atoms with E-state index in [0.717, 1.165) is 4.90 Å². The van der Waals surface area contributed by atoms with Gasteiger partial charge in [0, 0.05) is 16.7 Å². The van der Waals surface area contributed by atoms with Crippen molar-refractivity contribution in [3.8, 4) is 0 Å². The molecular formula is C29H19Cl2NO7. The van der Waals surface area contributed by atoms with Crippen molar-refractivity contribution < 1.29 is 33.4 Å². The Morgan fingerprint density at radius 2 is 1.54 bits per heavy atom. The van der Waals surface area contributed by atoms with Crippen LogP contribution >= 0.6 is 23.2 Å². The van der Waals surface area contributed by atoms with Crippen LogP contribution < -0.4 is 4.90 Å². The van der Waals surface area contributed by atoms with Crippen LogP contribution in [0.15, 0.2) is 66.7 Å². The molecule has 3 aromatic rings. The molecule has 196 valence electrons. The summed E-state index contributed by atoms with van der Waals surface area (Å²) in [6, 6.07) is 16.7. The first-order valence-corrected chi connectivity index (χ1v) is 12.9. The van der Waals surface area contributed by atoms with Crippen molar-refractivity contribution in [3.05, 3.63) is 99.0 Å². The molecule has 6 rings (SSSR count). The number of fused-ring (bicyclic) bond motifs is 3. The van der Waals surface area contributed by atoms with Crippen LogP contribution in [0.2, 0.25) is 10.0 Å². The number of anilines is 1. The summed E-state index contributed by atoms with van der Waals surface area (Å²) in [6.07, 6.45) is -1.20. The van der Waals surface area contributed by atoms with Gasteiger partial charge in [-0.25, -0.2) is 9.69 Å². The summed E-state index contributed by atoms with van der Waals surface area (Å²) in [5, 5.41) is 0.277. The summed E-state index contributed by atoms with van der Waals surface area (Å²) in [6.45, 7) is 1.87. The number of halogens is 2. The molecule has 0 bridgehead atoms. The molecule has 2 aliphatic heterocycles. The minimum absolute atomic E-state index is 0.0906. The Labute approximate surface area is 232 Å². The van der Waals surface area contributed by atoms with Crippen LogP contribution in [-0.2, 0) is 19.1 Å². The van der Waals surface area contributed by atoms with E-state index in [1.165, 1.54) is 36.4 Å². The zero-order valence-corrected chi connectivity index (χ0v) is 21.9. The second-order valence-electron chi connectivity index (χ2n) is 9.40. The molecule has 10 heteroatoms. The fourth-order valence-corrected chi connectivity index (χ4v) is 6.17. The monoisotopic (exact) mass is 563 g/mol. The van der Waals surface area contributed by atoms with Gasteiger partial charge in [0.05, 0.1) is 45.8 Å². The maximum absolute atomic E-state index is 14.0. The molecule has 0 unspecified atom stereocenters. The third kappa shape index (κ3) is 3.45. The van der Waals surface area contributed by atoms with Gasteiger partial charge < -0.3 is 9.47 Å². The summed E-state index contributed by atoms with van der Waals surface area (Å²) in [7, 11) is 0. The van der Waals surface area contributed by atoms with Gasteiger partial charge in [-0.3, -0.25) is 19.2 Å². The normalized spacial score (nSPS) is 22.9. The second-order valence-corrected chi connectivity index (χ2v) is 10.2. The van der Waals surface area contributed by atoms with Crippen LogP contribution in [0, 0.1) is 11.8 Å². The molecule has 0 saturated carbocycles. The van der Waals surface area contributed by atoms with Crippen LogP contribution in [0.25, 0.3) is 0 Å². The summed E-state index contributed by atoms with van der Waals surface area (Å²) in [5.41, 5.74) is -1.30. The number of amides is 2. The smallest absolute Gasteiger partial charge is 0.338 e. The predicted octanol–water partition coefficient (Wildman–Crippen LogP) is 4.87. The Morgan fingerprint density at radius 3 is 2.15 bits per heavy atom. The number of carbonyl (C=O) groups excluding carboxylic acids is 5. The lowest BCUT2D eigenvalue weighted by atomic mass is 9.77. The maximum atomic E-state index is 14.0. The zero-order chi connectivity index (χ0) is 27.6. The zero-order valence-electron chi connectivity index (χ0n) is 20.4. The highest BCUT2D eigenvalue weighted by molar-refractivity contribution is 6.42. The number of Topliss-reactive ketones (excluding diaryl/α,β-unsaturated/α-hetero) is 2. The lowest BCUT2D eigenvalue weighted by Gasteiger charge is -2.27. The van der Waals surface area contributed by atoms with E-state index in [2.05, 4.69) is 0 Å². The molecule has 0 N–H and O–H groups in total. The van der Waals surface area contributed by atoms with E-state index < -0.39 is 52.9 Å². The van der Waals surface area contributed by atoms with Crippen LogP contribution in [0.4, 0.5) is 5.69 Å². The molecule has 1 aliphatic carbocycles. The van der Waals surface area contributed by atoms with Crippen molar-refractivity contribution in [1.82, 2.24) is 0 Å². The van der Waals surface area contributed by atoms with Gasteiger partial charge in [0.2, 0.25) is 29.0 Å². The van der Waals surface area contributed by atoms with Gasteiger partial charge in [0.1, 0.15) is 0 Å². The van der Waals surface area contributed by atoms with E-state index in [1.54, 1.807) is 37.3 Å². The average molecular weight is 564 g/mol. The van der Waals surface area contributed by atoms with Gasteiger partial charge in [0.25, 0.3) is 0 Å². The van der Waals surface area contributed by atoms with Gasteiger partial charge in [-0.1, -0.05) is 59.6 Å². The minimum atomic E-state index is -2.24. The topological polar surface area (TPSA) is 107 Å². The molecular weight excluding hydrogens is 545 g/mol. The Hall–Kier alpha value is -3.85. The SMILES string of the molecule is CCOC(=O)c1ccc(N2C(=O)[C@@H]3[C@@H](C2=O)C2(O[C@H]3c3cccc(Cl)c3Cl)C(=O)c3ccccc3C2=O)cc1. The van der Waals surface area contributed by atoms with Gasteiger partial charge in [-0.2, -0.15) is 0 Å². The number of carbonyl (C=O) groups is 5. The van der Waals surface area contributed by atoms with Gasteiger partial charge in [0.15, 0.2) is 0 Å². The fraction of sp³-hybridized carbons (Fsp3) is 0.207. The number of ketones is 2. The number of hydrogen-bond acceptors (Lipinski definition) is 7. The largest absolute Gasteiger partial charge is 0.462 e. The second kappa shape index (κ2) is 9.12. The highest BCUT2D eigenvalue weighted by Gasteiger charge is 2.75. The number of benzene rings is 3. The average Bonchev–Trinajstić information content (AvgIpc) is 3.50. The quantitative estimate of drug-likeness (QED) is 0.253. The van der Waals surface area contributed by atoms with E-state index in [0.29, 0.717) is 0 Å². The van der Waals surface area contributed by atoms with Crippen molar-refractivity contribution in [1.29, 1.82) is 0 Å². The fourth-order valence-electron chi connectivity index (χ4n) is 5.76. The standard InChI is InChI=1S/C29H19Cl2NO7/c1-2-38-28(37)14-10-12-15(13-11-14)32-26(35)20-21(27(32)36)29(24(33)16-6-3-4-7-17(16)25(29)34)39-23(20)18-8-5-9-19(30)22(18)31/h3-13,20-21,23H,2H2,1H3/t20-,21+,23+/m1/s1. The summed E-state index contributed by atoms with van der Waals surface area (Å²) >= 11 is 12.7. The van der Waals surface area contributed by atoms with Crippen molar-refractivity contribution in [2.24, 2.45) is 11.8 Å². The Balaban J connectivity index is 1.49. The lowest BCUT2D eigenvalue weighted by Crippen LogP contribution is -2.51. The Bertz CT molecular complexity index is 1560. The molecule has 3 atom stereocenters. The van der Waals surface area contributed by atoms with Crippen LogP contribution in [0.3, 0.4) is 0 Å². The van der Waals surface area contributed by atoms with Gasteiger partial charge >= 0.3 is 5.97 Å². The molecule has 0 radical (unpaired) electrons. The predicted molar refractivity (Wildman–Crippen MR) is 140 cm³/mol. The van der Waals surface area contributed by atoms with E-state index in [9.17, 15) is 24.0 Å². The highest BCUT2D eigenvalue weighted by Crippen LogP contribution is 2.58. The Morgan fingerprint density at radius 1 is 0.897 bits per heavy atom. The molecule has 2 fully saturated rings. The molecule has 2 heterocycles. The van der Waals surface area contributed by atoms with Crippen molar-refractivity contribution in [3.63, 3.8) is 0 Å². The molecule has 1 spiro atoms. The molecule has 3 aliphatic rings. The van der Waals surface area contributed by atoms with Crippen molar-refractivity contribution in [2.75, 3.05) is 11.5 Å². The number of nitrogens with zero attached hydrogens (tertiary/aromatic N) is 1. The molecule has 39 heavy (non-hydrogen) atoms. The number of ether oxygens (including phenoxy) is 2. The molecule has 2 amide bonds. The van der Waals surface area contributed by atoms with Crippen molar-refractivity contribution in [2.45, 2.75) is 18.6 Å². The summed E-state index contributed by atoms with van der Waals surface area (Å²) in [5.74, 6) is -6.02. The van der Waals surface area contributed by atoms with E-state index >= 15 is 0 Å². The highest BCUT2D eigenvalue weighted by atomic mass is 35.5. The molecule has 0 aromatic heterocycles. The number of hydrogen-bond donors (Lipinski definition) is 0. The number of rotatable bonds is 4. The van der Waals surface area contributed by atoms with Crippen molar-refractivity contribution >= 4 is 58.2 Å². The minimum Gasteiger partial charge on any atom is -0.462 e. The Kier molecular flexibility index (Phi) is 5.95. The summed E-state index contributed by atoms with van der Waals surface area (Å²) < 4.78 is 11.2. The lowest BCUT2D eigenvalue weighted by molar-refractivity contribution is -0.127. The van der Waals surface area contributed by atoms with E-state index in [-0.39, 0.29) is 44.6 Å². The third-order valence-corrected chi connectivity index (χ3v) is 8.28. The van der Waals surface area contributed by atoms with E-state index in [1.807, 2.05) is 0 Å². The summed E-state index contributed by atoms with van der Waals surface area (Å²) in [4.78, 5) is 68.7. The van der Waals surface area contributed by atoms with Crippen LogP contribution in [0.1, 0.15) is 49.7 Å². The first kappa shape index (κ1) is 25.4. The van der Waals surface area contributed by atoms with Crippen LogP contribution in [-0.4, -0.2) is 41.6 Å². The molecule has 2 saturated heterocycles. The molecule has 3 aromatic carbocycles. The maximum Gasteiger partial charge on any atom is 0.338 e. The molecule has 8 nitrogen and oxygen atoms in total. The number of imide groups is 1. The van der Waals surface area contributed by atoms with Crippen LogP contribution in [0.5, 0.6) is 0 Å². The first-order chi connectivity index (χ1) is 18.7. The van der Waals surface area contributed by atoms with Gasteiger partial charge in [-0.05, 0) is 37.3 Å². The van der Waals surface area contributed by atoms with Gasteiger partial charge in [-0.15, -0.1) is 0 Å².